The lowest BCUT2D eigenvalue weighted by molar-refractivity contribution is 0.0589. The molecule has 0 atom stereocenters. The predicted octanol–water partition coefficient (Wildman–Crippen LogP) is 3.12. The predicted molar refractivity (Wildman–Crippen MR) is 105 cm³/mol. The molecular weight excluding hydrogens is 330 g/mol. The number of imidazole rings is 1. The number of ether oxygens (including phenoxy) is 1. The quantitative estimate of drug-likeness (QED) is 0.472. The van der Waals surface area contributed by atoms with Gasteiger partial charge in [-0.05, 0) is 38.7 Å². The van der Waals surface area contributed by atoms with Crippen LogP contribution in [0.1, 0.15) is 51.2 Å². The van der Waals surface area contributed by atoms with Gasteiger partial charge in [0.1, 0.15) is 17.9 Å². The number of nitrogen functional groups attached to an aromatic ring is 1. The highest BCUT2D eigenvalue weighted by Gasteiger charge is 2.19. The number of aryl methyl sites for hydroxylation is 3. The van der Waals surface area contributed by atoms with E-state index < -0.39 is 0 Å². The van der Waals surface area contributed by atoms with Crippen molar-refractivity contribution in [3.63, 3.8) is 0 Å². The number of nitrogens with one attached hydrogen (secondary N) is 1. The number of pyridine rings is 1. The molecule has 26 heavy (non-hydrogen) atoms. The van der Waals surface area contributed by atoms with E-state index in [9.17, 15) is 0 Å². The van der Waals surface area contributed by atoms with Crippen molar-refractivity contribution >= 4 is 16.9 Å². The summed E-state index contributed by atoms with van der Waals surface area (Å²) >= 11 is 0. The van der Waals surface area contributed by atoms with Crippen molar-refractivity contribution in [3.05, 3.63) is 29.4 Å². The second-order valence-corrected chi connectivity index (χ2v) is 6.23. The van der Waals surface area contributed by atoms with E-state index in [0.29, 0.717) is 25.6 Å². The van der Waals surface area contributed by atoms with E-state index in [-0.39, 0.29) is 0 Å². The van der Waals surface area contributed by atoms with Crippen LogP contribution in [0, 0.1) is 0 Å². The molecule has 0 aromatic carbocycles. The molecule has 0 aliphatic carbocycles. The van der Waals surface area contributed by atoms with Crippen LogP contribution in [0.3, 0.4) is 0 Å². The third-order valence-corrected chi connectivity index (χ3v) is 4.18. The second-order valence-electron chi connectivity index (χ2n) is 6.23. The van der Waals surface area contributed by atoms with E-state index in [0.717, 1.165) is 54.1 Å². The summed E-state index contributed by atoms with van der Waals surface area (Å²) in [7, 11) is 0. The Balaban J connectivity index is 2.38. The van der Waals surface area contributed by atoms with Gasteiger partial charge in [0.2, 0.25) is 0 Å². The summed E-state index contributed by atoms with van der Waals surface area (Å²) in [5, 5.41) is 0. The van der Waals surface area contributed by atoms with Crippen molar-refractivity contribution in [2.24, 2.45) is 0 Å². The molecule has 3 N–H and O–H groups in total. The molecule has 2 heterocycles. The Bertz CT molecular complexity index is 754. The molecule has 0 saturated carbocycles. The summed E-state index contributed by atoms with van der Waals surface area (Å²) < 4.78 is 7.83. The highest BCUT2D eigenvalue weighted by atomic mass is 16.6. The van der Waals surface area contributed by atoms with Crippen molar-refractivity contribution < 1.29 is 9.57 Å². The summed E-state index contributed by atoms with van der Waals surface area (Å²) in [6.07, 6.45) is 2.57. The van der Waals surface area contributed by atoms with E-state index in [1.165, 1.54) is 5.56 Å². The van der Waals surface area contributed by atoms with E-state index in [4.69, 9.17) is 20.3 Å². The number of nitrogens with two attached hydrogens (primary N) is 1. The lowest BCUT2D eigenvalue weighted by Gasteiger charge is -2.14. The zero-order valence-electron chi connectivity index (χ0n) is 16.4. The summed E-state index contributed by atoms with van der Waals surface area (Å²) in [5.74, 6) is 1.37. The SMILES string of the molecule is C=C(C)NOCCCn1c(COCC)nc2c(N)nc(CC)c(CC)c21. The van der Waals surface area contributed by atoms with Crippen LogP contribution in [0.15, 0.2) is 12.3 Å². The fraction of sp³-hybridized carbons (Fsp3) is 0.579. The van der Waals surface area contributed by atoms with Crippen LogP contribution in [0.4, 0.5) is 5.82 Å². The number of aromatic nitrogens is 3. The summed E-state index contributed by atoms with van der Waals surface area (Å²) in [4.78, 5) is 14.7. The number of hydrogen-bond acceptors (Lipinski definition) is 6. The summed E-state index contributed by atoms with van der Waals surface area (Å²) in [6.45, 7) is 14.3. The molecule has 0 bridgehead atoms. The van der Waals surface area contributed by atoms with Gasteiger partial charge in [0.25, 0.3) is 0 Å². The standard InChI is InChI=1S/C19H31N5O2/c1-6-14-15(7-2)21-19(20)17-18(14)24(16(22-17)12-25-8-3)10-9-11-26-23-13(4)5/h23H,4,6-12H2,1-3,5H3,(H2,20,21). The Morgan fingerprint density at radius 1 is 1.23 bits per heavy atom. The number of nitrogens with zero attached hydrogens (tertiary/aromatic N) is 3. The molecule has 2 rings (SSSR count). The molecule has 144 valence electrons. The molecule has 0 aliphatic heterocycles. The highest BCUT2D eigenvalue weighted by molar-refractivity contribution is 5.89. The van der Waals surface area contributed by atoms with Crippen LogP contribution in [-0.2, 0) is 35.6 Å². The molecule has 7 heteroatoms. The van der Waals surface area contributed by atoms with Crippen molar-refractivity contribution in [3.8, 4) is 0 Å². The molecular formula is C19H31N5O2. The minimum atomic E-state index is 0.458. The lowest BCUT2D eigenvalue weighted by Crippen LogP contribution is -2.15. The van der Waals surface area contributed by atoms with Crippen molar-refractivity contribution in [2.75, 3.05) is 18.9 Å². The fourth-order valence-corrected chi connectivity index (χ4v) is 3.06. The largest absolute Gasteiger partial charge is 0.382 e. The topological polar surface area (TPSA) is 87.2 Å². The van der Waals surface area contributed by atoms with Gasteiger partial charge >= 0.3 is 0 Å². The maximum atomic E-state index is 6.20. The Morgan fingerprint density at radius 3 is 2.62 bits per heavy atom. The van der Waals surface area contributed by atoms with Gasteiger partial charge in [-0.1, -0.05) is 20.4 Å². The van der Waals surface area contributed by atoms with Crippen LogP contribution in [0.2, 0.25) is 0 Å². The first-order valence-corrected chi connectivity index (χ1v) is 9.30. The molecule has 0 spiro atoms. The van der Waals surface area contributed by atoms with Gasteiger partial charge in [-0.2, -0.15) is 0 Å². The molecule has 2 aromatic rings. The molecule has 0 saturated heterocycles. The number of fused-ring (bicyclic) bond motifs is 1. The monoisotopic (exact) mass is 361 g/mol. The van der Waals surface area contributed by atoms with Gasteiger partial charge in [0.15, 0.2) is 5.82 Å². The van der Waals surface area contributed by atoms with Crippen LogP contribution in [0.25, 0.3) is 11.0 Å². The van der Waals surface area contributed by atoms with Crippen LogP contribution in [-0.4, -0.2) is 27.7 Å². The first-order chi connectivity index (χ1) is 12.5. The third-order valence-electron chi connectivity index (χ3n) is 4.18. The van der Waals surface area contributed by atoms with Crippen molar-refractivity contribution in [1.29, 1.82) is 0 Å². The highest BCUT2D eigenvalue weighted by Crippen LogP contribution is 2.28. The van der Waals surface area contributed by atoms with Gasteiger partial charge < -0.3 is 15.0 Å². The van der Waals surface area contributed by atoms with Crippen LogP contribution in [0.5, 0.6) is 0 Å². The molecule has 0 fully saturated rings. The Hall–Kier alpha value is -2.12. The van der Waals surface area contributed by atoms with Gasteiger partial charge in [-0.15, -0.1) is 0 Å². The number of anilines is 1. The van der Waals surface area contributed by atoms with Crippen LogP contribution >= 0.6 is 0 Å². The average Bonchev–Trinajstić information content (AvgIpc) is 2.98. The van der Waals surface area contributed by atoms with Gasteiger partial charge in [-0.3, -0.25) is 10.3 Å². The summed E-state index contributed by atoms with van der Waals surface area (Å²) in [6, 6.07) is 0. The van der Waals surface area contributed by atoms with Gasteiger partial charge in [-0.25, -0.2) is 9.97 Å². The molecule has 0 aliphatic rings. The Labute approximate surface area is 155 Å². The number of hydroxylamine groups is 1. The maximum absolute atomic E-state index is 6.20. The second kappa shape index (κ2) is 9.54. The normalized spacial score (nSPS) is 11.2. The molecule has 0 radical (unpaired) electrons. The first-order valence-electron chi connectivity index (χ1n) is 9.30. The minimum Gasteiger partial charge on any atom is -0.382 e. The van der Waals surface area contributed by atoms with E-state index in [1.807, 2.05) is 13.8 Å². The molecule has 0 amide bonds. The molecule has 0 unspecified atom stereocenters. The molecule has 2 aromatic heterocycles. The zero-order valence-corrected chi connectivity index (χ0v) is 16.4. The summed E-state index contributed by atoms with van der Waals surface area (Å²) in [5.41, 5.74) is 13.9. The first kappa shape index (κ1) is 20.2. The minimum absolute atomic E-state index is 0.458. The smallest absolute Gasteiger partial charge is 0.151 e. The fourth-order valence-electron chi connectivity index (χ4n) is 3.06. The van der Waals surface area contributed by atoms with Crippen molar-refractivity contribution in [2.45, 2.75) is 60.1 Å². The van der Waals surface area contributed by atoms with Gasteiger partial charge in [0.05, 0.1) is 12.1 Å². The third kappa shape index (κ3) is 4.53. The Kier molecular flexibility index (Phi) is 7.41. The maximum Gasteiger partial charge on any atom is 0.151 e. The van der Waals surface area contributed by atoms with Crippen LogP contribution < -0.4 is 11.2 Å². The van der Waals surface area contributed by atoms with E-state index in [2.05, 4.69) is 35.5 Å². The van der Waals surface area contributed by atoms with E-state index >= 15 is 0 Å². The molecule has 7 nitrogen and oxygen atoms in total. The Morgan fingerprint density at radius 2 is 2.00 bits per heavy atom. The van der Waals surface area contributed by atoms with Crippen molar-refractivity contribution in [1.82, 2.24) is 20.0 Å². The number of hydrogen-bond donors (Lipinski definition) is 2. The number of rotatable bonds is 11. The average molecular weight is 361 g/mol. The lowest BCUT2D eigenvalue weighted by atomic mass is 10.1. The number of allylic oxidation sites excluding steroid dienone is 1. The van der Waals surface area contributed by atoms with Gasteiger partial charge in [0, 0.05) is 24.5 Å². The zero-order chi connectivity index (χ0) is 19.1. The van der Waals surface area contributed by atoms with E-state index in [1.54, 1.807) is 0 Å².